The van der Waals surface area contributed by atoms with Crippen LogP contribution in [0.5, 0.6) is 0 Å². The molecule has 2 rings (SSSR count). The number of hydrogen-bond acceptors (Lipinski definition) is 5. The number of aromatic carboxylic acids is 1. The van der Waals surface area contributed by atoms with Crippen LogP contribution in [-0.4, -0.2) is 25.8 Å². The number of benzene rings is 1. The van der Waals surface area contributed by atoms with Crippen LogP contribution >= 0.6 is 0 Å². The number of carbonyl (C=O) groups is 1. The fourth-order valence-corrected chi connectivity index (χ4v) is 1.73. The van der Waals surface area contributed by atoms with Gasteiger partial charge in [-0.25, -0.2) is 9.48 Å². The van der Waals surface area contributed by atoms with E-state index in [2.05, 4.69) is 5.10 Å². The third kappa shape index (κ3) is 2.20. The molecule has 0 amide bonds. The Morgan fingerprint density at radius 3 is 2.75 bits per heavy atom. The maximum absolute atomic E-state index is 11.0. The molecule has 0 radical (unpaired) electrons. The van der Waals surface area contributed by atoms with Gasteiger partial charge in [0.25, 0.3) is 5.69 Å². The largest absolute Gasteiger partial charge is 0.478 e. The van der Waals surface area contributed by atoms with Gasteiger partial charge in [0.2, 0.25) is 0 Å². The SMILES string of the molecule is Cc1nn(-c2ccc(C#N)cc2[N+](=O)[O-])cc1C(=O)O. The van der Waals surface area contributed by atoms with Crippen molar-refractivity contribution in [2.75, 3.05) is 0 Å². The summed E-state index contributed by atoms with van der Waals surface area (Å²) in [4.78, 5) is 21.3. The Kier molecular flexibility index (Phi) is 3.18. The maximum Gasteiger partial charge on any atom is 0.339 e. The molecule has 0 saturated heterocycles. The van der Waals surface area contributed by atoms with Crippen molar-refractivity contribution in [3.63, 3.8) is 0 Å². The van der Waals surface area contributed by atoms with Crippen LogP contribution < -0.4 is 0 Å². The summed E-state index contributed by atoms with van der Waals surface area (Å²) in [5.41, 5.74) is 0.135. The molecule has 0 aliphatic carbocycles. The number of nitrogens with zero attached hydrogens (tertiary/aromatic N) is 4. The van der Waals surface area contributed by atoms with E-state index in [1.807, 2.05) is 6.07 Å². The van der Waals surface area contributed by atoms with Gasteiger partial charge in [-0.05, 0) is 19.1 Å². The highest BCUT2D eigenvalue weighted by atomic mass is 16.6. The van der Waals surface area contributed by atoms with Crippen LogP contribution in [0, 0.1) is 28.4 Å². The predicted octanol–water partition coefficient (Wildman–Crippen LogP) is 1.66. The molecule has 1 heterocycles. The number of carboxylic acids is 1. The normalized spacial score (nSPS) is 10.0. The van der Waals surface area contributed by atoms with Gasteiger partial charge in [-0.15, -0.1) is 0 Å². The quantitative estimate of drug-likeness (QED) is 0.669. The van der Waals surface area contributed by atoms with Gasteiger partial charge >= 0.3 is 5.97 Å². The second kappa shape index (κ2) is 4.81. The highest BCUT2D eigenvalue weighted by Gasteiger charge is 2.20. The van der Waals surface area contributed by atoms with Gasteiger partial charge in [0.05, 0.1) is 22.2 Å². The standard InChI is InChI=1S/C12H8N4O4/c1-7-9(12(17)18)6-15(14-7)10-3-2-8(5-13)4-11(10)16(19)20/h2-4,6H,1H3,(H,17,18). The lowest BCUT2D eigenvalue weighted by Crippen LogP contribution is -2.01. The van der Waals surface area contributed by atoms with Crippen molar-refractivity contribution < 1.29 is 14.8 Å². The number of nitro benzene ring substituents is 1. The molecule has 8 heteroatoms. The Bertz CT molecular complexity index is 757. The number of aromatic nitrogens is 2. The first-order valence-electron chi connectivity index (χ1n) is 5.42. The number of hydrogen-bond donors (Lipinski definition) is 1. The summed E-state index contributed by atoms with van der Waals surface area (Å²) >= 11 is 0. The topological polar surface area (TPSA) is 122 Å². The number of nitro groups is 1. The molecule has 1 aromatic carbocycles. The second-order valence-corrected chi connectivity index (χ2v) is 3.95. The molecule has 0 aliphatic rings. The van der Waals surface area contributed by atoms with Crippen molar-refractivity contribution in [1.29, 1.82) is 5.26 Å². The van der Waals surface area contributed by atoms with Crippen molar-refractivity contribution in [3.8, 4) is 11.8 Å². The lowest BCUT2D eigenvalue weighted by molar-refractivity contribution is -0.384. The summed E-state index contributed by atoms with van der Waals surface area (Å²) in [6, 6.07) is 5.68. The molecule has 0 unspecified atom stereocenters. The lowest BCUT2D eigenvalue weighted by Gasteiger charge is -2.02. The fourth-order valence-electron chi connectivity index (χ4n) is 1.73. The van der Waals surface area contributed by atoms with E-state index in [9.17, 15) is 14.9 Å². The third-order valence-corrected chi connectivity index (χ3v) is 2.68. The Morgan fingerprint density at radius 2 is 2.25 bits per heavy atom. The van der Waals surface area contributed by atoms with E-state index in [1.54, 1.807) is 0 Å². The number of rotatable bonds is 3. The average molecular weight is 272 g/mol. The Morgan fingerprint density at radius 1 is 1.55 bits per heavy atom. The molecule has 100 valence electrons. The van der Waals surface area contributed by atoms with Crippen LogP contribution in [-0.2, 0) is 0 Å². The minimum atomic E-state index is -1.16. The molecule has 0 bridgehead atoms. The van der Waals surface area contributed by atoms with Crippen molar-refractivity contribution in [3.05, 3.63) is 51.3 Å². The van der Waals surface area contributed by atoms with Crippen LogP contribution in [0.1, 0.15) is 21.6 Å². The van der Waals surface area contributed by atoms with Crippen LogP contribution in [0.25, 0.3) is 5.69 Å². The third-order valence-electron chi connectivity index (χ3n) is 2.68. The van der Waals surface area contributed by atoms with Gasteiger partial charge in [0.15, 0.2) is 0 Å². The maximum atomic E-state index is 11.0. The molecule has 1 N–H and O–H groups in total. The first-order chi connectivity index (χ1) is 9.43. The molecule has 0 fully saturated rings. The first kappa shape index (κ1) is 13.2. The van der Waals surface area contributed by atoms with Gasteiger partial charge in [0.1, 0.15) is 11.3 Å². The number of aryl methyl sites for hydroxylation is 1. The lowest BCUT2D eigenvalue weighted by atomic mass is 10.2. The summed E-state index contributed by atoms with van der Waals surface area (Å²) in [7, 11) is 0. The Labute approximate surface area is 112 Å². The summed E-state index contributed by atoms with van der Waals surface area (Å²) in [6.07, 6.45) is 1.20. The molecule has 20 heavy (non-hydrogen) atoms. The minimum Gasteiger partial charge on any atom is -0.478 e. The zero-order valence-corrected chi connectivity index (χ0v) is 10.3. The van der Waals surface area contributed by atoms with Crippen LogP contribution in [0.3, 0.4) is 0 Å². The Hall–Kier alpha value is -3.21. The average Bonchev–Trinajstić information content (AvgIpc) is 2.80. The van der Waals surface area contributed by atoms with E-state index in [4.69, 9.17) is 10.4 Å². The van der Waals surface area contributed by atoms with E-state index in [-0.39, 0.29) is 28.2 Å². The molecular formula is C12H8N4O4. The minimum absolute atomic E-state index is 0.0383. The van der Waals surface area contributed by atoms with Gasteiger partial charge in [-0.1, -0.05) is 0 Å². The van der Waals surface area contributed by atoms with Crippen LogP contribution in [0.15, 0.2) is 24.4 Å². The monoisotopic (exact) mass is 272 g/mol. The molecule has 8 nitrogen and oxygen atoms in total. The fraction of sp³-hybridized carbons (Fsp3) is 0.0833. The van der Waals surface area contributed by atoms with E-state index >= 15 is 0 Å². The number of carboxylic acid groups (broad SMARTS) is 1. The van der Waals surface area contributed by atoms with E-state index in [0.29, 0.717) is 0 Å². The van der Waals surface area contributed by atoms with Gasteiger partial charge in [0, 0.05) is 12.3 Å². The van der Waals surface area contributed by atoms with E-state index in [0.717, 1.165) is 10.7 Å². The number of nitriles is 1. The molecule has 0 spiro atoms. The molecule has 2 aromatic rings. The molecular weight excluding hydrogens is 264 g/mol. The molecule has 0 atom stereocenters. The summed E-state index contributed by atoms with van der Waals surface area (Å²) in [6.45, 7) is 1.50. The van der Waals surface area contributed by atoms with Gasteiger partial charge in [-0.3, -0.25) is 10.1 Å². The Balaban J connectivity index is 2.64. The van der Waals surface area contributed by atoms with Crippen molar-refractivity contribution in [1.82, 2.24) is 9.78 Å². The second-order valence-electron chi connectivity index (χ2n) is 3.95. The summed E-state index contributed by atoms with van der Waals surface area (Å²) in [5, 5.41) is 32.7. The van der Waals surface area contributed by atoms with Crippen molar-refractivity contribution in [2.24, 2.45) is 0 Å². The van der Waals surface area contributed by atoms with Gasteiger partial charge in [-0.2, -0.15) is 10.4 Å². The van der Waals surface area contributed by atoms with Gasteiger partial charge < -0.3 is 5.11 Å². The molecule has 0 saturated carbocycles. The van der Waals surface area contributed by atoms with Crippen molar-refractivity contribution >= 4 is 11.7 Å². The summed E-state index contributed by atoms with van der Waals surface area (Å²) < 4.78 is 1.12. The van der Waals surface area contributed by atoms with Crippen LogP contribution in [0.4, 0.5) is 5.69 Å². The summed E-state index contributed by atoms with van der Waals surface area (Å²) in [5.74, 6) is -1.16. The molecule has 1 aromatic heterocycles. The van der Waals surface area contributed by atoms with Crippen LogP contribution in [0.2, 0.25) is 0 Å². The first-order valence-corrected chi connectivity index (χ1v) is 5.42. The van der Waals surface area contributed by atoms with E-state index in [1.165, 1.54) is 25.3 Å². The predicted molar refractivity (Wildman–Crippen MR) is 66.6 cm³/mol. The zero-order chi connectivity index (χ0) is 14.9. The smallest absolute Gasteiger partial charge is 0.339 e. The molecule has 0 aliphatic heterocycles. The highest BCUT2D eigenvalue weighted by Crippen LogP contribution is 2.24. The van der Waals surface area contributed by atoms with E-state index < -0.39 is 10.9 Å². The zero-order valence-electron chi connectivity index (χ0n) is 10.3. The highest BCUT2D eigenvalue weighted by molar-refractivity contribution is 5.88. The van der Waals surface area contributed by atoms with Crippen molar-refractivity contribution in [2.45, 2.75) is 6.92 Å².